The summed E-state index contributed by atoms with van der Waals surface area (Å²) in [6, 6.07) is 16.5. The number of para-hydroxylation sites is 1. The van der Waals surface area contributed by atoms with Crippen LogP contribution < -0.4 is 14.9 Å². The van der Waals surface area contributed by atoms with Crippen LogP contribution in [0.5, 0.6) is 11.5 Å². The van der Waals surface area contributed by atoms with Crippen LogP contribution in [0, 0.1) is 12.3 Å². The summed E-state index contributed by atoms with van der Waals surface area (Å²) in [5, 5.41) is 4.86. The Hall–Kier alpha value is -3.85. The van der Waals surface area contributed by atoms with Gasteiger partial charge in [0.15, 0.2) is 6.61 Å². The van der Waals surface area contributed by atoms with Gasteiger partial charge in [0.1, 0.15) is 23.6 Å². The van der Waals surface area contributed by atoms with Gasteiger partial charge in [-0.3, -0.25) is 9.78 Å². The van der Waals surface area contributed by atoms with Crippen LogP contribution in [-0.2, 0) is 4.79 Å². The predicted octanol–water partition coefficient (Wildman–Crippen LogP) is 2.78. The van der Waals surface area contributed by atoms with E-state index in [0.717, 1.165) is 10.9 Å². The van der Waals surface area contributed by atoms with Crippen molar-refractivity contribution >= 4 is 23.0 Å². The lowest BCUT2D eigenvalue weighted by atomic mass is 10.2. The summed E-state index contributed by atoms with van der Waals surface area (Å²) in [5.41, 5.74) is 3.95. The van der Waals surface area contributed by atoms with Crippen LogP contribution >= 0.6 is 0 Å². The molecule has 6 nitrogen and oxygen atoms in total. The number of ether oxygens (including phenoxy) is 2. The number of amides is 1. The molecular weight excluding hydrogens is 342 g/mol. The highest BCUT2D eigenvalue weighted by Gasteiger charge is 2.05. The zero-order valence-electron chi connectivity index (χ0n) is 14.5. The van der Waals surface area contributed by atoms with Crippen molar-refractivity contribution in [3.63, 3.8) is 0 Å². The molecule has 0 unspecified atom stereocenters. The Kier molecular flexibility index (Phi) is 6.00. The van der Waals surface area contributed by atoms with Crippen LogP contribution in [-0.4, -0.2) is 30.3 Å². The molecule has 1 N–H and O–H groups in total. The highest BCUT2D eigenvalue weighted by atomic mass is 16.5. The first-order valence-electron chi connectivity index (χ1n) is 8.21. The maximum Gasteiger partial charge on any atom is 0.277 e. The SMILES string of the molecule is C#CCOc1ccc(/C=N/NC(=O)COc2cccc3cccnc23)cc1. The first-order valence-corrected chi connectivity index (χ1v) is 8.21. The molecule has 1 aromatic heterocycles. The number of hydrogen-bond acceptors (Lipinski definition) is 5. The molecule has 27 heavy (non-hydrogen) atoms. The Morgan fingerprint density at radius 1 is 1.15 bits per heavy atom. The molecule has 1 amide bonds. The zero-order chi connectivity index (χ0) is 18.9. The summed E-state index contributed by atoms with van der Waals surface area (Å²) in [7, 11) is 0. The molecule has 0 bridgehead atoms. The Bertz CT molecular complexity index is 986. The summed E-state index contributed by atoms with van der Waals surface area (Å²) in [6.07, 6.45) is 8.35. The van der Waals surface area contributed by atoms with Crippen LogP contribution in [0.25, 0.3) is 10.9 Å². The number of rotatable bonds is 7. The van der Waals surface area contributed by atoms with Gasteiger partial charge in [-0.2, -0.15) is 5.10 Å². The van der Waals surface area contributed by atoms with Crippen molar-refractivity contribution in [2.45, 2.75) is 0 Å². The highest BCUT2D eigenvalue weighted by molar-refractivity contribution is 5.85. The molecule has 1 heterocycles. The van der Waals surface area contributed by atoms with Crippen LogP contribution in [0.4, 0.5) is 0 Å². The summed E-state index contributed by atoms with van der Waals surface area (Å²) >= 11 is 0. The van der Waals surface area contributed by atoms with E-state index in [0.29, 0.717) is 17.0 Å². The lowest BCUT2D eigenvalue weighted by Crippen LogP contribution is -2.24. The molecule has 3 rings (SSSR count). The van der Waals surface area contributed by atoms with Gasteiger partial charge in [0.25, 0.3) is 5.91 Å². The average molecular weight is 359 g/mol. The van der Waals surface area contributed by atoms with Crippen molar-refractivity contribution in [2.24, 2.45) is 5.10 Å². The number of nitrogens with one attached hydrogen (secondary N) is 1. The number of nitrogens with zero attached hydrogens (tertiary/aromatic N) is 2. The van der Waals surface area contributed by atoms with Crippen molar-refractivity contribution in [1.82, 2.24) is 10.4 Å². The van der Waals surface area contributed by atoms with Crippen molar-refractivity contribution in [3.8, 4) is 23.8 Å². The minimum atomic E-state index is -0.367. The van der Waals surface area contributed by atoms with Crippen molar-refractivity contribution < 1.29 is 14.3 Å². The fraction of sp³-hybridized carbons (Fsp3) is 0.0952. The minimum Gasteiger partial charge on any atom is -0.481 e. The van der Waals surface area contributed by atoms with Gasteiger partial charge in [-0.15, -0.1) is 6.42 Å². The lowest BCUT2D eigenvalue weighted by molar-refractivity contribution is -0.123. The Morgan fingerprint density at radius 2 is 1.96 bits per heavy atom. The van der Waals surface area contributed by atoms with Crippen molar-refractivity contribution in [3.05, 3.63) is 66.4 Å². The highest BCUT2D eigenvalue weighted by Crippen LogP contribution is 2.22. The summed E-state index contributed by atoms with van der Waals surface area (Å²) in [5.74, 6) is 3.25. The summed E-state index contributed by atoms with van der Waals surface area (Å²) in [6.45, 7) is 0.0572. The number of hydrogen-bond donors (Lipinski definition) is 1. The van der Waals surface area contributed by atoms with Gasteiger partial charge >= 0.3 is 0 Å². The van der Waals surface area contributed by atoms with E-state index in [9.17, 15) is 4.79 Å². The molecular formula is C21H17N3O3. The molecule has 134 valence electrons. The summed E-state index contributed by atoms with van der Waals surface area (Å²) < 4.78 is 10.8. The number of carbonyl (C=O) groups is 1. The van der Waals surface area contributed by atoms with Crippen LogP contribution in [0.2, 0.25) is 0 Å². The fourth-order valence-electron chi connectivity index (χ4n) is 2.32. The number of hydrazone groups is 1. The second-order valence-electron chi connectivity index (χ2n) is 5.47. The quantitative estimate of drug-likeness (QED) is 0.400. The third kappa shape index (κ3) is 5.06. The second-order valence-corrected chi connectivity index (χ2v) is 5.47. The molecule has 3 aromatic rings. The van der Waals surface area contributed by atoms with Gasteiger partial charge in [-0.1, -0.05) is 24.1 Å². The van der Waals surface area contributed by atoms with Gasteiger partial charge in [-0.25, -0.2) is 5.43 Å². The molecule has 0 fully saturated rings. The van der Waals surface area contributed by atoms with Crippen LogP contribution in [0.15, 0.2) is 65.9 Å². The first kappa shape index (κ1) is 18.0. The molecule has 0 atom stereocenters. The van der Waals surface area contributed by atoms with E-state index in [1.54, 1.807) is 36.5 Å². The maximum atomic E-state index is 11.9. The third-order valence-electron chi connectivity index (χ3n) is 3.56. The van der Waals surface area contributed by atoms with Gasteiger partial charge in [-0.05, 0) is 42.0 Å². The van der Waals surface area contributed by atoms with E-state index in [4.69, 9.17) is 15.9 Å². The van der Waals surface area contributed by atoms with Gasteiger partial charge in [0, 0.05) is 11.6 Å². The number of fused-ring (bicyclic) bond motifs is 1. The lowest BCUT2D eigenvalue weighted by Gasteiger charge is -2.07. The van der Waals surface area contributed by atoms with Crippen LogP contribution in [0.3, 0.4) is 0 Å². The van der Waals surface area contributed by atoms with Crippen molar-refractivity contribution in [1.29, 1.82) is 0 Å². The summed E-state index contributed by atoms with van der Waals surface area (Å²) in [4.78, 5) is 16.2. The number of benzene rings is 2. The smallest absolute Gasteiger partial charge is 0.277 e. The van der Waals surface area contributed by atoms with Crippen LogP contribution in [0.1, 0.15) is 5.56 Å². The molecule has 6 heteroatoms. The molecule has 0 radical (unpaired) electrons. The molecule has 0 aliphatic heterocycles. The fourth-order valence-corrected chi connectivity index (χ4v) is 2.32. The third-order valence-corrected chi connectivity index (χ3v) is 3.56. The number of terminal acetylenes is 1. The molecule has 0 aliphatic carbocycles. The van der Waals surface area contributed by atoms with E-state index < -0.39 is 0 Å². The number of aromatic nitrogens is 1. The van der Waals surface area contributed by atoms with E-state index in [-0.39, 0.29) is 19.1 Å². The van der Waals surface area contributed by atoms with E-state index in [1.165, 1.54) is 6.21 Å². The Labute approximate surface area is 156 Å². The molecule has 0 aliphatic rings. The zero-order valence-corrected chi connectivity index (χ0v) is 14.5. The number of pyridine rings is 1. The predicted molar refractivity (Wildman–Crippen MR) is 104 cm³/mol. The second kappa shape index (κ2) is 9.02. The van der Waals surface area contributed by atoms with E-state index in [2.05, 4.69) is 21.4 Å². The molecule has 0 saturated carbocycles. The van der Waals surface area contributed by atoms with E-state index in [1.807, 2.05) is 24.3 Å². The maximum absolute atomic E-state index is 11.9. The largest absolute Gasteiger partial charge is 0.481 e. The Balaban J connectivity index is 1.51. The normalized spacial score (nSPS) is 10.5. The first-order chi connectivity index (χ1) is 13.3. The standard InChI is InChI=1S/C21H17N3O3/c1-2-13-26-18-10-8-16(9-11-18)14-23-24-20(25)15-27-19-7-3-5-17-6-4-12-22-21(17)19/h1,3-12,14H,13,15H2,(H,24,25)/b23-14+. The Morgan fingerprint density at radius 3 is 2.78 bits per heavy atom. The molecule has 2 aromatic carbocycles. The van der Waals surface area contributed by atoms with Gasteiger partial charge < -0.3 is 9.47 Å². The molecule has 0 saturated heterocycles. The topological polar surface area (TPSA) is 72.8 Å². The van der Waals surface area contributed by atoms with Gasteiger partial charge in [0.05, 0.1) is 6.21 Å². The van der Waals surface area contributed by atoms with Gasteiger partial charge in [0.2, 0.25) is 0 Å². The van der Waals surface area contributed by atoms with Crippen molar-refractivity contribution in [2.75, 3.05) is 13.2 Å². The minimum absolute atomic E-state index is 0.161. The monoisotopic (exact) mass is 359 g/mol. The average Bonchev–Trinajstić information content (AvgIpc) is 2.71. The molecule has 0 spiro atoms. The van der Waals surface area contributed by atoms with E-state index >= 15 is 0 Å². The number of carbonyl (C=O) groups excluding carboxylic acids is 1.